The molecule has 0 aliphatic rings. The first kappa shape index (κ1) is 23.3. The van der Waals surface area contributed by atoms with Crippen LogP contribution in [0.25, 0.3) is 0 Å². The molecule has 0 heterocycles. The zero-order chi connectivity index (χ0) is 18.0. The van der Waals surface area contributed by atoms with Gasteiger partial charge < -0.3 is 0 Å². The van der Waals surface area contributed by atoms with Crippen LogP contribution in [0.1, 0.15) is 52.4 Å². The second kappa shape index (κ2) is 11.0. The topological polar surface area (TPSA) is 18.5 Å². The second-order valence-electron chi connectivity index (χ2n) is 5.55. The Balaban J connectivity index is 4.77. The van der Waals surface area contributed by atoms with Crippen LogP contribution >= 0.6 is 0 Å². The first-order chi connectivity index (χ1) is 10.5. The van der Waals surface area contributed by atoms with Gasteiger partial charge in [0.05, 0.1) is 0 Å². The van der Waals surface area contributed by atoms with Gasteiger partial charge in [0, 0.05) is 0 Å². The van der Waals surface area contributed by atoms with Crippen LogP contribution in [0.3, 0.4) is 0 Å². The molecule has 0 N–H and O–H groups in total. The molecule has 0 aromatic rings. The van der Waals surface area contributed by atoms with E-state index in [9.17, 15) is 26.3 Å². The van der Waals surface area contributed by atoms with Crippen LogP contribution in [0.5, 0.6) is 0 Å². The molecule has 0 bridgehead atoms. The van der Waals surface area contributed by atoms with Crippen molar-refractivity contribution in [2.45, 2.75) is 73.6 Å². The molecule has 2 nitrogen and oxygen atoms in total. The summed E-state index contributed by atoms with van der Waals surface area (Å²) in [5.74, 6) is 0. The third-order valence-corrected chi connectivity index (χ3v) is 13.7. The Bertz CT molecular complexity index is 277. The van der Waals surface area contributed by atoms with Gasteiger partial charge in [0.15, 0.2) is 0 Å². The van der Waals surface area contributed by atoms with E-state index in [1.165, 1.54) is 0 Å². The molecule has 0 radical (unpaired) electrons. The molecule has 0 saturated carbocycles. The maximum absolute atomic E-state index is 12.3. The molecular formula is C14H26F6O2Sn. The molecule has 0 atom stereocenters. The molecule has 0 spiro atoms. The van der Waals surface area contributed by atoms with Crippen LogP contribution in [0, 0.1) is 0 Å². The van der Waals surface area contributed by atoms with Crippen LogP contribution in [-0.4, -0.2) is 44.8 Å². The van der Waals surface area contributed by atoms with E-state index in [0.717, 1.165) is 0 Å². The fourth-order valence-electron chi connectivity index (χ4n) is 2.15. The molecule has 0 aromatic heterocycles. The number of hydrogen-bond donors (Lipinski definition) is 0. The van der Waals surface area contributed by atoms with Gasteiger partial charge in [-0.25, -0.2) is 0 Å². The summed E-state index contributed by atoms with van der Waals surface area (Å²) in [6.45, 7) is 4.36. The van der Waals surface area contributed by atoms with E-state index in [-0.39, 0.29) is 21.7 Å². The third-order valence-electron chi connectivity index (χ3n) is 3.17. The van der Waals surface area contributed by atoms with Crippen LogP contribution in [-0.2, 0) is 6.15 Å². The molecule has 140 valence electrons. The summed E-state index contributed by atoms with van der Waals surface area (Å²) in [7, 11) is 0. The van der Waals surface area contributed by atoms with E-state index < -0.39 is 44.4 Å². The summed E-state index contributed by atoms with van der Waals surface area (Å²) in [6.07, 6.45) is -9.39. The molecule has 0 aliphatic heterocycles. The van der Waals surface area contributed by atoms with Gasteiger partial charge in [0.25, 0.3) is 0 Å². The summed E-state index contributed by atoms with van der Waals surface area (Å²) in [6, 6.07) is 0. The second-order valence-corrected chi connectivity index (χ2v) is 15.2. The molecule has 0 saturated heterocycles. The SMILES string of the molecule is CCC[O][Sn]([CH2]CCC(F)(F)F)([CH2]CCC(F)(F)F)[O]CCC. The van der Waals surface area contributed by atoms with E-state index in [1.807, 2.05) is 13.8 Å². The fourth-order valence-corrected chi connectivity index (χ4v) is 12.1. The van der Waals surface area contributed by atoms with Crippen molar-refractivity contribution >= 4 is 19.2 Å². The monoisotopic (exact) mass is 460 g/mol. The van der Waals surface area contributed by atoms with E-state index in [2.05, 4.69) is 0 Å². The Morgan fingerprint density at radius 1 is 0.696 bits per heavy atom. The van der Waals surface area contributed by atoms with Gasteiger partial charge in [0.1, 0.15) is 0 Å². The summed E-state index contributed by atoms with van der Waals surface area (Å²) in [5.41, 5.74) is 0. The molecule has 0 aliphatic carbocycles. The van der Waals surface area contributed by atoms with Gasteiger partial charge in [-0.2, -0.15) is 0 Å². The van der Waals surface area contributed by atoms with Gasteiger partial charge in [-0.1, -0.05) is 0 Å². The van der Waals surface area contributed by atoms with Crippen molar-refractivity contribution in [2.75, 3.05) is 13.2 Å². The summed E-state index contributed by atoms with van der Waals surface area (Å²) in [4.78, 5) is 0. The van der Waals surface area contributed by atoms with Crippen molar-refractivity contribution in [1.29, 1.82) is 0 Å². The minimum atomic E-state index is -4.26. The molecule has 0 fully saturated rings. The Kier molecular flexibility index (Phi) is 11.2. The number of alkyl halides is 6. The maximum atomic E-state index is 12.3. The van der Waals surface area contributed by atoms with Crippen molar-refractivity contribution in [3.05, 3.63) is 0 Å². The zero-order valence-corrected chi connectivity index (χ0v) is 16.5. The van der Waals surface area contributed by atoms with Crippen molar-refractivity contribution in [2.24, 2.45) is 0 Å². The van der Waals surface area contributed by atoms with Crippen molar-refractivity contribution in [3.8, 4) is 0 Å². The zero-order valence-electron chi connectivity index (χ0n) is 13.7. The van der Waals surface area contributed by atoms with Crippen LogP contribution in [0.4, 0.5) is 26.3 Å². The van der Waals surface area contributed by atoms with Gasteiger partial charge in [-0.05, 0) is 0 Å². The summed E-state index contributed by atoms with van der Waals surface area (Å²) >= 11 is -3.90. The number of halogens is 6. The predicted molar refractivity (Wildman–Crippen MR) is 78.4 cm³/mol. The molecular weight excluding hydrogens is 433 g/mol. The molecule has 0 aromatic carbocycles. The quantitative estimate of drug-likeness (QED) is 0.265. The predicted octanol–water partition coefficient (Wildman–Crippen LogP) is 5.97. The standard InChI is InChI=1S/2C4H6F3.2C3H7O.Sn/c2*1-2-3-4(5,6)7;2*1-2-3-4;/h2*1-3H2;2*2-3H2,1H3;/q;;2*-1;+2. The third kappa shape index (κ3) is 13.3. The Labute approximate surface area is 138 Å². The first-order valence-corrected chi connectivity index (χ1v) is 14.3. The van der Waals surface area contributed by atoms with Gasteiger partial charge >= 0.3 is 139 Å². The van der Waals surface area contributed by atoms with Crippen molar-refractivity contribution < 1.29 is 32.5 Å². The van der Waals surface area contributed by atoms with Gasteiger partial charge in [-0.15, -0.1) is 0 Å². The summed E-state index contributed by atoms with van der Waals surface area (Å²) in [5, 5.41) is 0. The average Bonchev–Trinajstić information content (AvgIpc) is 2.39. The van der Waals surface area contributed by atoms with E-state index in [1.54, 1.807) is 0 Å². The van der Waals surface area contributed by atoms with Crippen LogP contribution in [0.2, 0.25) is 8.87 Å². The van der Waals surface area contributed by atoms with Crippen LogP contribution in [0.15, 0.2) is 0 Å². The number of hydrogen-bond acceptors (Lipinski definition) is 2. The van der Waals surface area contributed by atoms with Crippen molar-refractivity contribution in [1.82, 2.24) is 0 Å². The fraction of sp³-hybridized carbons (Fsp3) is 1.00. The Morgan fingerprint density at radius 3 is 1.30 bits per heavy atom. The Morgan fingerprint density at radius 2 is 1.04 bits per heavy atom. The minimum absolute atomic E-state index is 0.140. The molecule has 0 amide bonds. The molecule has 0 unspecified atom stereocenters. The van der Waals surface area contributed by atoms with Gasteiger partial charge in [-0.3, -0.25) is 0 Å². The molecule has 23 heavy (non-hydrogen) atoms. The molecule has 0 rings (SSSR count). The number of rotatable bonds is 12. The Hall–Kier alpha value is 0.299. The summed E-state index contributed by atoms with van der Waals surface area (Å²) < 4.78 is 85.8. The van der Waals surface area contributed by atoms with Gasteiger partial charge in [0.2, 0.25) is 0 Å². The first-order valence-electron chi connectivity index (χ1n) is 7.95. The van der Waals surface area contributed by atoms with Crippen molar-refractivity contribution in [3.63, 3.8) is 0 Å². The average molecular weight is 459 g/mol. The normalized spacial score (nSPS) is 13.6. The van der Waals surface area contributed by atoms with E-state index in [4.69, 9.17) is 6.15 Å². The molecule has 9 heteroatoms. The van der Waals surface area contributed by atoms with E-state index in [0.29, 0.717) is 26.1 Å². The van der Waals surface area contributed by atoms with E-state index >= 15 is 0 Å². The van der Waals surface area contributed by atoms with Crippen LogP contribution < -0.4 is 0 Å².